The van der Waals surface area contributed by atoms with Crippen molar-refractivity contribution in [1.29, 1.82) is 0 Å². The smallest absolute Gasteiger partial charge is 0.313 e. The fourth-order valence-corrected chi connectivity index (χ4v) is 1.84. The van der Waals surface area contributed by atoms with E-state index in [9.17, 15) is 4.79 Å². The number of methoxy groups -OCH3 is 1. The molecule has 0 saturated carbocycles. The van der Waals surface area contributed by atoms with Gasteiger partial charge in [0.05, 0.1) is 18.1 Å². The average molecular weight is 323 g/mol. The first-order chi connectivity index (χ1) is 10.4. The standard InChI is InChI=1S/C16H29N5O2/c1-10(2)11-17-13(19-14(18-11)21(7)8)20-16(5,6)15(3,4)12(22)23-9/h10H,1-9H3,(H,17,18,19,20). The Bertz CT molecular complexity index is 541. The summed E-state index contributed by atoms with van der Waals surface area (Å²) in [5.41, 5.74) is -1.37. The lowest BCUT2D eigenvalue weighted by atomic mass is 9.74. The third-order valence-corrected chi connectivity index (χ3v) is 4.24. The summed E-state index contributed by atoms with van der Waals surface area (Å²) < 4.78 is 4.92. The fourth-order valence-electron chi connectivity index (χ4n) is 1.84. The maximum Gasteiger partial charge on any atom is 0.313 e. The Morgan fingerprint density at radius 3 is 2.13 bits per heavy atom. The van der Waals surface area contributed by atoms with Gasteiger partial charge in [0.25, 0.3) is 0 Å². The number of esters is 1. The SMILES string of the molecule is COC(=O)C(C)(C)C(C)(C)Nc1nc(C(C)C)nc(N(C)C)n1. The Kier molecular flexibility index (Phi) is 5.56. The largest absolute Gasteiger partial charge is 0.469 e. The van der Waals surface area contributed by atoms with E-state index in [1.165, 1.54) is 7.11 Å². The molecule has 23 heavy (non-hydrogen) atoms. The molecule has 0 aliphatic rings. The van der Waals surface area contributed by atoms with Gasteiger partial charge in [-0.1, -0.05) is 13.8 Å². The molecule has 7 heteroatoms. The molecule has 0 aromatic carbocycles. The van der Waals surface area contributed by atoms with E-state index in [1.54, 1.807) is 0 Å². The molecule has 0 fully saturated rings. The van der Waals surface area contributed by atoms with Crippen molar-refractivity contribution in [3.05, 3.63) is 5.82 Å². The third-order valence-electron chi connectivity index (χ3n) is 4.24. The summed E-state index contributed by atoms with van der Waals surface area (Å²) in [6.07, 6.45) is 0. The number of nitrogens with zero attached hydrogens (tertiary/aromatic N) is 4. The maximum absolute atomic E-state index is 12.1. The van der Waals surface area contributed by atoms with E-state index in [0.717, 1.165) is 0 Å². The highest BCUT2D eigenvalue weighted by atomic mass is 16.5. The van der Waals surface area contributed by atoms with Gasteiger partial charge < -0.3 is 15.0 Å². The number of carbonyl (C=O) groups excluding carboxylic acids is 1. The Balaban J connectivity index is 3.23. The predicted octanol–water partition coefficient (Wildman–Crippen LogP) is 2.45. The first kappa shape index (κ1) is 19.1. The highest BCUT2D eigenvalue weighted by Crippen LogP contribution is 2.34. The van der Waals surface area contributed by atoms with Crippen LogP contribution >= 0.6 is 0 Å². The molecule has 0 atom stereocenters. The van der Waals surface area contributed by atoms with Crippen LogP contribution in [0.5, 0.6) is 0 Å². The monoisotopic (exact) mass is 323 g/mol. The summed E-state index contributed by atoms with van der Waals surface area (Å²) in [4.78, 5) is 27.3. The van der Waals surface area contributed by atoms with Gasteiger partial charge in [-0.2, -0.15) is 15.0 Å². The van der Waals surface area contributed by atoms with E-state index in [2.05, 4.69) is 20.3 Å². The van der Waals surface area contributed by atoms with Crippen molar-refractivity contribution < 1.29 is 9.53 Å². The summed E-state index contributed by atoms with van der Waals surface area (Å²) in [6.45, 7) is 11.6. The van der Waals surface area contributed by atoms with Gasteiger partial charge in [0.1, 0.15) is 5.82 Å². The zero-order valence-electron chi connectivity index (χ0n) is 15.7. The van der Waals surface area contributed by atoms with Crippen LogP contribution in [-0.2, 0) is 9.53 Å². The van der Waals surface area contributed by atoms with Crippen molar-refractivity contribution in [3.63, 3.8) is 0 Å². The second kappa shape index (κ2) is 6.68. The van der Waals surface area contributed by atoms with Crippen molar-refractivity contribution in [2.45, 2.75) is 53.0 Å². The summed E-state index contributed by atoms with van der Waals surface area (Å²) in [7, 11) is 5.16. The van der Waals surface area contributed by atoms with E-state index >= 15 is 0 Å². The second-order valence-corrected chi connectivity index (χ2v) is 7.23. The van der Waals surface area contributed by atoms with Gasteiger partial charge in [-0.25, -0.2) is 0 Å². The Hall–Kier alpha value is -1.92. The minimum Gasteiger partial charge on any atom is -0.469 e. The van der Waals surface area contributed by atoms with E-state index in [4.69, 9.17) is 4.74 Å². The molecular formula is C16H29N5O2. The molecule has 0 unspecified atom stereocenters. The molecule has 1 heterocycles. The highest BCUT2D eigenvalue weighted by Gasteiger charge is 2.45. The number of aromatic nitrogens is 3. The maximum atomic E-state index is 12.1. The van der Waals surface area contributed by atoms with E-state index < -0.39 is 11.0 Å². The number of nitrogens with one attached hydrogen (secondary N) is 1. The summed E-state index contributed by atoms with van der Waals surface area (Å²) in [5.74, 6) is 1.63. The Morgan fingerprint density at radius 2 is 1.70 bits per heavy atom. The first-order valence-electron chi connectivity index (χ1n) is 7.72. The molecule has 0 aliphatic heterocycles. The zero-order valence-corrected chi connectivity index (χ0v) is 15.7. The molecule has 1 N–H and O–H groups in total. The van der Waals surface area contributed by atoms with Crippen LogP contribution in [0.2, 0.25) is 0 Å². The molecule has 1 aromatic rings. The molecule has 130 valence electrons. The van der Waals surface area contributed by atoms with Crippen LogP contribution in [-0.4, -0.2) is 47.7 Å². The molecular weight excluding hydrogens is 294 g/mol. The van der Waals surface area contributed by atoms with E-state index in [-0.39, 0.29) is 11.9 Å². The minimum atomic E-state index is -0.759. The van der Waals surface area contributed by atoms with Crippen LogP contribution in [0.3, 0.4) is 0 Å². The lowest BCUT2D eigenvalue weighted by Crippen LogP contribution is -2.51. The number of ether oxygens (including phenoxy) is 1. The molecule has 7 nitrogen and oxygen atoms in total. The number of rotatable bonds is 6. The summed E-state index contributed by atoms with van der Waals surface area (Å²) >= 11 is 0. The van der Waals surface area contributed by atoms with Crippen molar-refractivity contribution in [2.75, 3.05) is 31.4 Å². The lowest BCUT2D eigenvalue weighted by molar-refractivity contribution is -0.153. The Labute approximate surface area is 138 Å². The molecule has 1 rings (SSSR count). The van der Waals surface area contributed by atoms with Crippen molar-refractivity contribution in [2.24, 2.45) is 5.41 Å². The van der Waals surface area contributed by atoms with Crippen LogP contribution in [0.15, 0.2) is 0 Å². The molecule has 0 amide bonds. The summed E-state index contributed by atoms with van der Waals surface area (Å²) in [6, 6.07) is 0. The quantitative estimate of drug-likeness (QED) is 0.805. The van der Waals surface area contributed by atoms with Crippen LogP contribution in [0.1, 0.15) is 53.3 Å². The van der Waals surface area contributed by atoms with E-state index in [0.29, 0.717) is 17.7 Å². The fraction of sp³-hybridized carbons (Fsp3) is 0.750. The summed E-state index contributed by atoms with van der Waals surface area (Å²) in [5, 5.41) is 3.27. The number of hydrogen-bond acceptors (Lipinski definition) is 7. The normalized spacial score (nSPS) is 12.3. The molecule has 0 spiro atoms. The number of hydrogen-bond donors (Lipinski definition) is 1. The molecule has 1 aromatic heterocycles. The topological polar surface area (TPSA) is 80.2 Å². The van der Waals surface area contributed by atoms with Crippen LogP contribution in [0, 0.1) is 5.41 Å². The number of carbonyl (C=O) groups is 1. The minimum absolute atomic E-state index is 0.175. The van der Waals surface area contributed by atoms with Gasteiger partial charge in [-0.15, -0.1) is 0 Å². The predicted molar refractivity (Wildman–Crippen MR) is 91.7 cm³/mol. The van der Waals surface area contributed by atoms with Crippen molar-refractivity contribution in [3.8, 4) is 0 Å². The van der Waals surface area contributed by atoms with Gasteiger partial charge in [0.15, 0.2) is 0 Å². The highest BCUT2D eigenvalue weighted by molar-refractivity contribution is 5.78. The Morgan fingerprint density at radius 1 is 1.13 bits per heavy atom. The van der Waals surface area contributed by atoms with Crippen LogP contribution < -0.4 is 10.2 Å². The van der Waals surface area contributed by atoms with Gasteiger partial charge >= 0.3 is 5.97 Å². The molecule has 0 saturated heterocycles. The molecule has 0 aliphatic carbocycles. The molecule has 0 radical (unpaired) electrons. The van der Waals surface area contributed by atoms with Crippen LogP contribution in [0.4, 0.5) is 11.9 Å². The molecule has 0 bridgehead atoms. The van der Waals surface area contributed by atoms with Crippen molar-refractivity contribution in [1.82, 2.24) is 15.0 Å². The van der Waals surface area contributed by atoms with Gasteiger partial charge in [0, 0.05) is 20.0 Å². The number of anilines is 2. The van der Waals surface area contributed by atoms with Gasteiger partial charge in [0.2, 0.25) is 11.9 Å². The second-order valence-electron chi connectivity index (χ2n) is 7.23. The van der Waals surface area contributed by atoms with Gasteiger partial charge in [-0.3, -0.25) is 4.79 Å². The first-order valence-corrected chi connectivity index (χ1v) is 7.72. The average Bonchev–Trinajstić information content (AvgIpc) is 2.44. The van der Waals surface area contributed by atoms with Crippen LogP contribution in [0.25, 0.3) is 0 Å². The van der Waals surface area contributed by atoms with E-state index in [1.807, 2.05) is 60.5 Å². The lowest BCUT2D eigenvalue weighted by Gasteiger charge is -2.39. The van der Waals surface area contributed by atoms with Gasteiger partial charge in [-0.05, 0) is 27.7 Å². The van der Waals surface area contributed by atoms with Crippen molar-refractivity contribution >= 4 is 17.9 Å². The zero-order chi connectivity index (χ0) is 18.0. The third kappa shape index (κ3) is 4.09.